The Kier molecular flexibility index (Phi) is 1.53. The van der Waals surface area contributed by atoms with Gasteiger partial charge in [-0.05, 0) is 12.1 Å². The molecule has 0 atom stereocenters. The molecule has 1 radical (unpaired) electrons. The zero-order valence-electron chi connectivity index (χ0n) is 4.76. The topological polar surface area (TPSA) is 52.8 Å². The lowest BCUT2D eigenvalue weighted by molar-refractivity contribution is -0.142. The largest absolute Gasteiger partial charge is 0.365 e. The molecule has 3 heteroatoms. The van der Waals surface area contributed by atoms with E-state index in [1.54, 1.807) is 18.3 Å². The molecular formula is C6H6NO2. The summed E-state index contributed by atoms with van der Waals surface area (Å²) in [6, 6.07) is 3.45. The maximum absolute atomic E-state index is 9.94. The van der Waals surface area contributed by atoms with Gasteiger partial charge in [-0.15, -0.1) is 0 Å². The molecule has 0 aromatic carbocycles. The first-order valence-electron chi connectivity index (χ1n) is 2.61. The van der Waals surface area contributed by atoms with Crippen molar-refractivity contribution in [2.45, 2.75) is 6.42 Å². The quantitative estimate of drug-likeness (QED) is 0.613. The van der Waals surface area contributed by atoms with Crippen LogP contribution in [0.5, 0.6) is 0 Å². The van der Waals surface area contributed by atoms with Crippen molar-refractivity contribution >= 4 is 5.97 Å². The Morgan fingerprint density at radius 3 is 2.89 bits per heavy atom. The lowest BCUT2D eigenvalue weighted by Gasteiger charge is -1.84. The second kappa shape index (κ2) is 2.35. The molecule has 1 heterocycles. The molecule has 1 rings (SSSR count). The first-order valence-corrected chi connectivity index (χ1v) is 2.61. The molecule has 0 aliphatic heterocycles. The van der Waals surface area contributed by atoms with Crippen LogP contribution in [0.15, 0.2) is 18.3 Å². The third kappa shape index (κ3) is 1.60. The summed E-state index contributed by atoms with van der Waals surface area (Å²) in [6.07, 6.45) is 1.64. The van der Waals surface area contributed by atoms with E-state index in [1.807, 2.05) is 0 Å². The van der Waals surface area contributed by atoms with Crippen LogP contribution in [0.3, 0.4) is 0 Å². The highest BCUT2D eigenvalue weighted by Gasteiger charge is 2.00. The summed E-state index contributed by atoms with van der Waals surface area (Å²) in [6.45, 7) is 0. The maximum atomic E-state index is 9.94. The van der Waals surface area contributed by atoms with Crippen LogP contribution in [0.2, 0.25) is 0 Å². The highest BCUT2D eigenvalue weighted by atomic mass is 16.4. The van der Waals surface area contributed by atoms with E-state index in [0.29, 0.717) is 5.69 Å². The van der Waals surface area contributed by atoms with E-state index in [0.717, 1.165) is 0 Å². The highest BCUT2D eigenvalue weighted by molar-refractivity contribution is 5.69. The van der Waals surface area contributed by atoms with Gasteiger partial charge in [-0.3, -0.25) is 0 Å². The van der Waals surface area contributed by atoms with E-state index in [9.17, 15) is 9.90 Å². The second-order valence-corrected chi connectivity index (χ2v) is 1.74. The van der Waals surface area contributed by atoms with E-state index in [2.05, 4.69) is 4.98 Å². The fourth-order valence-corrected chi connectivity index (χ4v) is 0.633. The lowest BCUT2D eigenvalue weighted by Crippen LogP contribution is -1.97. The molecule has 0 fully saturated rings. The van der Waals surface area contributed by atoms with Gasteiger partial charge in [-0.1, -0.05) is 0 Å². The average Bonchev–Trinajstić information content (AvgIpc) is 2.15. The van der Waals surface area contributed by atoms with Gasteiger partial charge in [0.05, 0.1) is 6.42 Å². The summed E-state index contributed by atoms with van der Waals surface area (Å²) >= 11 is 0. The Hall–Kier alpha value is -1.25. The normalized spacial score (nSPS) is 9.33. The lowest BCUT2D eigenvalue weighted by atomic mass is 10.3. The van der Waals surface area contributed by atoms with Gasteiger partial charge in [0.1, 0.15) is 0 Å². The van der Waals surface area contributed by atoms with Gasteiger partial charge in [0.15, 0.2) is 0 Å². The van der Waals surface area contributed by atoms with Crippen molar-refractivity contribution in [3.8, 4) is 0 Å². The number of aromatic amines is 1. The minimum Gasteiger partial charge on any atom is -0.365 e. The molecule has 9 heavy (non-hydrogen) atoms. The fraction of sp³-hybridized carbons (Fsp3) is 0.167. The van der Waals surface area contributed by atoms with Crippen LogP contribution < -0.4 is 0 Å². The summed E-state index contributed by atoms with van der Waals surface area (Å²) in [7, 11) is 0. The Labute approximate surface area is 52.3 Å². The number of rotatable bonds is 2. The van der Waals surface area contributed by atoms with Crippen molar-refractivity contribution in [1.29, 1.82) is 0 Å². The Bertz CT molecular complexity index is 191. The summed E-state index contributed by atoms with van der Waals surface area (Å²) in [5.41, 5.74) is 0.676. The third-order valence-corrected chi connectivity index (χ3v) is 0.997. The summed E-state index contributed by atoms with van der Waals surface area (Å²) in [5, 5.41) is 9.94. The molecule has 0 saturated heterocycles. The number of H-pyrrole nitrogens is 1. The zero-order valence-corrected chi connectivity index (χ0v) is 4.76. The number of carbonyl (C=O) groups is 1. The standard InChI is InChI=1S/C6H6NO2/c8-6(9)4-5-2-1-3-7-5/h1-3,7H,4H2. The van der Waals surface area contributed by atoms with E-state index in [1.165, 1.54) is 0 Å². The molecule has 1 aromatic heterocycles. The summed E-state index contributed by atoms with van der Waals surface area (Å²) in [4.78, 5) is 12.7. The van der Waals surface area contributed by atoms with Crippen LogP contribution >= 0.6 is 0 Å². The zero-order chi connectivity index (χ0) is 6.69. The molecule has 3 nitrogen and oxygen atoms in total. The number of nitrogens with one attached hydrogen (secondary N) is 1. The van der Waals surface area contributed by atoms with Gasteiger partial charge in [0.2, 0.25) is 0 Å². The predicted molar refractivity (Wildman–Crippen MR) is 30.2 cm³/mol. The first-order chi connectivity index (χ1) is 4.29. The molecule has 1 aromatic rings. The Morgan fingerprint density at radius 2 is 2.44 bits per heavy atom. The van der Waals surface area contributed by atoms with Crippen LogP contribution in [0, 0.1) is 0 Å². The number of hydrogen-bond donors (Lipinski definition) is 1. The van der Waals surface area contributed by atoms with Crippen LogP contribution in [-0.4, -0.2) is 11.0 Å². The molecule has 0 saturated carbocycles. The smallest absolute Gasteiger partial charge is 0.361 e. The van der Waals surface area contributed by atoms with E-state index >= 15 is 0 Å². The SMILES string of the molecule is [O]C(=O)Cc1ccc[nH]1. The number of aromatic nitrogens is 1. The van der Waals surface area contributed by atoms with Gasteiger partial charge < -0.3 is 4.98 Å². The Morgan fingerprint density at radius 1 is 1.67 bits per heavy atom. The Balaban J connectivity index is 2.58. The van der Waals surface area contributed by atoms with Crippen molar-refractivity contribution in [3.63, 3.8) is 0 Å². The monoisotopic (exact) mass is 124 g/mol. The average molecular weight is 124 g/mol. The van der Waals surface area contributed by atoms with Crippen molar-refractivity contribution < 1.29 is 9.90 Å². The minimum atomic E-state index is -1.06. The van der Waals surface area contributed by atoms with Gasteiger partial charge in [0.25, 0.3) is 0 Å². The van der Waals surface area contributed by atoms with Crippen molar-refractivity contribution in [1.82, 2.24) is 4.98 Å². The van der Waals surface area contributed by atoms with Crippen LogP contribution in [0.4, 0.5) is 0 Å². The van der Waals surface area contributed by atoms with Crippen LogP contribution in [-0.2, 0) is 16.3 Å². The molecule has 0 amide bonds. The number of carbonyl (C=O) groups excluding carboxylic acids is 1. The minimum absolute atomic E-state index is 0.0347. The molecular weight excluding hydrogens is 118 g/mol. The van der Waals surface area contributed by atoms with E-state index < -0.39 is 5.97 Å². The first kappa shape index (κ1) is 5.88. The second-order valence-electron chi connectivity index (χ2n) is 1.74. The summed E-state index contributed by atoms with van der Waals surface area (Å²) in [5.74, 6) is -1.06. The fourth-order valence-electron chi connectivity index (χ4n) is 0.633. The molecule has 0 bridgehead atoms. The highest BCUT2D eigenvalue weighted by Crippen LogP contribution is 1.94. The van der Waals surface area contributed by atoms with Crippen molar-refractivity contribution in [2.75, 3.05) is 0 Å². The molecule has 0 unspecified atom stereocenters. The van der Waals surface area contributed by atoms with Gasteiger partial charge in [0, 0.05) is 11.9 Å². The van der Waals surface area contributed by atoms with E-state index in [-0.39, 0.29) is 6.42 Å². The maximum Gasteiger partial charge on any atom is 0.361 e. The predicted octanol–water partition coefficient (Wildman–Crippen LogP) is 0.514. The molecule has 0 aliphatic carbocycles. The third-order valence-electron chi connectivity index (χ3n) is 0.997. The van der Waals surface area contributed by atoms with Gasteiger partial charge >= 0.3 is 5.97 Å². The molecule has 0 spiro atoms. The van der Waals surface area contributed by atoms with Crippen LogP contribution in [0.1, 0.15) is 5.69 Å². The molecule has 1 N–H and O–H groups in total. The molecule has 47 valence electrons. The van der Waals surface area contributed by atoms with Crippen LogP contribution in [0.25, 0.3) is 0 Å². The van der Waals surface area contributed by atoms with Crippen molar-refractivity contribution in [3.05, 3.63) is 24.0 Å². The summed E-state index contributed by atoms with van der Waals surface area (Å²) < 4.78 is 0. The number of hydrogen-bond acceptors (Lipinski definition) is 1. The van der Waals surface area contributed by atoms with Crippen molar-refractivity contribution in [2.24, 2.45) is 0 Å². The van der Waals surface area contributed by atoms with E-state index in [4.69, 9.17) is 0 Å². The van der Waals surface area contributed by atoms with Gasteiger partial charge in [-0.25, -0.2) is 9.90 Å². The van der Waals surface area contributed by atoms with Gasteiger partial charge in [-0.2, -0.15) is 0 Å². The molecule has 0 aliphatic rings.